The van der Waals surface area contributed by atoms with E-state index in [2.05, 4.69) is 21.2 Å². The molecule has 0 spiro atoms. The van der Waals surface area contributed by atoms with Crippen molar-refractivity contribution in [2.45, 2.75) is 27.2 Å². The maximum absolute atomic E-state index is 12.3. The molecule has 9 nitrogen and oxygen atoms in total. The largest absolute Gasteiger partial charge is 0.490 e. The van der Waals surface area contributed by atoms with E-state index in [-0.39, 0.29) is 12.5 Å². The van der Waals surface area contributed by atoms with Crippen LogP contribution in [0.5, 0.6) is 11.5 Å². The summed E-state index contributed by atoms with van der Waals surface area (Å²) in [7, 11) is 0. The molecule has 0 aliphatic heterocycles. The molecule has 0 aromatic heterocycles. The van der Waals surface area contributed by atoms with Gasteiger partial charge in [0, 0.05) is 11.4 Å². The molecule has 0 fully saturated rings. The Labute approximate surface area is 215 Å². The number of nitrogens with zero attached hydrogens (tertiary/aromatic N) is 1. The number of para-hydroxylation sites is 1. The van der Waals surface area contributed by atoms with Gasteiger partial charge in [0.05, 0.1) is 12.8 Å². The molecule has 0 aliphatic carbocycles. The van der Waals surface area contributed by atoms with Crippen LogP contribution in [0, 0.1) is 6.92 Å². The van der Waals surface area contributed by atoms with Gasteiger partial charge in [0.1, 0.15) is 0 Å². The highest BCUT2D eigenvalue weighted by molar-refractivity contribution is 6.39. The van der Waals surface area contributed by atoms with Crippen molar-refractivity contribution >= 4 is 35.3 Å². The number of amides is 3. The zero-order valence-electron chi connectivity index (χ0n) is 21.0. The summed E-state index contributed by atoms with van der Waals surface area (Å²) in [5.74, 6) is -1.22. The maximum atomic E-state index is 12.3. The molecule has 0 unspecified atom stereocenters. The second-order valence-corrected chi connectivity index (χ2v) is 8.01. The summed E-state index contributed by atoms with van der Waals surface area (Å²) in [5, 5.41) is 9.24. The van der Waals surface area contributed by atoms with Gasteiger partial charge in [-0.2, -0.15) is 5.10 Å². The van der Waals surface area contributed by atoms with Crippen LogP contribution < -0.4 is 25.5 Å². The summed E-state index contributed by atoms with van der Waals surface area (Å²) in [6.45, 7) is 5.90. The number of nitrogens with one attached hydrogen (secondary N) is 3. The van der Waals surface area contributed by atoms with Gasteiger partial charge in [-0.25, -0.2) is 5.43 Å². The summed E-state index contributed by atoms with van der Waals surface area (Å²) < 4.78 is 11.3. The van der Waals surface area contributed by atoms with E-state index in [9.17, 15) is 14.4 Å². The van der Waals surface area contributed by atoms with Gasteiger partial charge in [-0.3, -0.25) is 14.4 Å². The van der Waals surface area contributed by atoms with Crippen molar-refractivity contribution in [1.29, 1.82) is 0 Å². The van der Waals surface area contributed by atoms with Crippen LogP contribution in [0.4, 0.5) is 11.4 Å². The SMILES string of the molecule is CCOc1cc(/C=N\NC(=O)C(=O)Nc2ccccc2CC)ccc1OCC(=O)Nc1cccc(C)c1. The average molecular weight is 503 g/mol. The van der Waals surface area contributed by atoms with E-state index in [1.165, 1.54) is 6.21 Å². The van der Waals surface area contributed by atoms with Crippen LogP contribution in [0.25, 0.3) is 0 Å². The predicted molar refractivity (Wildman–Crippen MR) is 143 cm³/mol. The highest BCUT2D eigenvalue weighted by Gasteiger charge is 2.14. The minimum Gasteiger partial charge on any atom is -0.490 e. The number of anilines is 2. The highest BCUT2D eigenvalue weighted by Crippen LogP contribution is 2.28. The molecule has 9 heteroatoms. The fourth-order valence-electron chi connectivity index (χ4n) is 3.40. The molecule has 0 aliphatic rings. The topological polar surface area (TPSA) is 118 Å². The van der Waals surface area contributed by atoms with Crippen LogP contribution in [0.2, 0.25) is 0 Å². The number of ether oxygens (including phenoxy) is 2. The summed E-state index contributed by atoms with van der Waals surface area (Å²) in [6.07, 6.45) is 2.09. The standard InChI is InChI=1S/C28H30N4O5/c1-4-21-10-6-7-12-23(21)31-27(34)28(35)32-29-17-20-13-14-24(25(16-20)36-5-2)37-18-26(33)30-22-11-8-9-19(3)15-22/h6-17H,4-5,18H2,1-3H3,(H,30,33)(H,31,34)(H,32,35)/b29-17-. The third kappa shape index (κ3) is 8.21. The maximum Gasteiger partial charge on any atom is 0.329 e. The zero-order chi connectivity index (χ0) is 26.6. The van der Waals surface area contributed by atoms with Gasteiger partial charge in [0.2, 0.25) is 0 Å². The van der Waals surface area contributed by atoms with Crippen molar-refractivity contribution in [3.63, 3.8) is 0 Å². The highest BCUT2D eigenvalue weighted by atomic mass is 16.5. The summed E-state index contributed by atoms with van der Waals surface area (Å²) >= 11 is 0. The molecule has 3 rings (SSSR count). The fourth-order valence-corrected chi connectivity index (χ4v) is 3.40. The first-order chi connectivity index (χ1) is 17.9. The van der Waals surface area contributed by atoms with E-state index in [4.69, 9.17) is 9.47 Å². The van der Waals surface area contributed by atoms with Crippen LogP contribution in [0.3, 0.4) is 0 Å². The van der Waals surface area contributed by atoms with Crippen LogP contribution in [-0.4, -0.2) is 37.1 Å². The Morgan fingerprint density at radius 3 is 2.43 bits per heavy atom. The molecule has 0 atom stereocenters. The number of carbonyl (C=O) groups excluding carboxylic acids is 3. The molecule has 0 bridgehead atoms. The van der Waals surface area contributed by atoms with Crippen molar-refractivity contribution in [1.82, 2.24) is 5.43 Å². The lowest BCUT2D eigenvalue weighted by molar-refractivity contribution is -0.136. The Morgan fingerprint density at radius 1 is 0.865 bits per heavy atom. The Balaban J connectivity index is 1.56. The van der Waals surface area contributed by atoms with Gasteiger partial charge in [0.25, 0.3) is 5.91 Å². The molecule has 0 heterocycles. The Hall–Kier alpha value is -4.66. The summed E-state index contributed by atoms with van der Waals surface area (Å²) in [6, 6.07) is 19.7. The Morgan fingerprint density at radius 2 is 1.68 bits per heavy atom. The molecule has 192 valence electrons. The molecule has 0 saturated heterocycles. The minimum atomic E-state index is -0.897. The van der Waals surface area contributed by atoms with Gasteiger partial charge in [0.15, 0.2) is 18.1 Å². The monoisotopic (exact) mass is 502 g/mol. The van der Waals surface area contributed by atoms with E-state index in [1.54, 1.807) is 36.4 Å². The minimum absolute atomic E-state index is 0.201. The van der Waals surface area contributed by atoms with Gasteiger partial charge in [-0.15, -0.1) is 0 Å². The summed E-state index contributed by atoms with van der Waals surface area (Å²) in [4.78, 5) is 36.6. The van der Waals surface area contributed by atoms with E-state index in [0.717, 1.165) is 17.5 Å². The van der Waals surface area contributed by atoms with Crippen molar-refractivity contribution in [2.75, 3.05) is 23.8 Å². The number of rotatable bonds is 10. The number of hydrazone groups is 1. The van der Waals surface area contributed by atoms with Crippen molar-refractivity contribution in [3.05, 3.63) is 83.4 Å². The fraction of sp³-hybridized carbons (Fsp3) is 0.214. The molecule has 3 N–H and O–H groups in total. The number of hydrogen-bond donors (Lipinski definition) is 3. The number of benzene rings is 3. The van der Waals surface area contributed by atoms with E-state index in [0.29, 0.717) is 35.0 Å². The predicted octanol–water partition coefficient (Wildman–Crippen LogP) is 4.06. The van der Waals surface area contributed by atoms with Crippen LogP contribution in [-0.2, 0) is 20.8 Å². The lowest BCUT2D eigenvalue weighted by Crippen LogP contribution is -2.32. The van der Waals surface area contributed by atoms with Crippen LogP contribution in [0.1, 0.15) is 30.5 Å². The van der Waals surface area contributed by atoms with Gasteiger partial charge >= 0.3 is 11.8 Å². The quantitative estimate of drug-likeness (QED) is 0.220. The second kappa shape index (κ2) is 13.4. The Kier molecular flexibility index (Phi) is 9.78. The lowest BCUT2D eigenvalue weighted by atomic mass is 10.1. The molecule has 37 heavy (non-hydrogen) atoms. The zero-order valence-corrected chi connectivity index (χ0v) is 21.0. The molecule has 0 radical (unpaired) electrons. The first-order valence-electron chi connectivity index (χ1n) is 11.9. The molecule has 3 amide bonds. The van der Waals surface area contributed by atoms with E-state index >= 15 is 0 Å². The second-order valence-electron chi connectivity index (χ2n) is 8.01. The van der Waals surface area contributed by atoms with Gasteiger partial charge in [-0.1, -0.05) is 37.3 Å². The third-order valence-corrected chi connectivity index (χ3v) is 5.16. The van der Waals surface area contributed by atoms with Crippen LogP contribution in [0.15, 0.2) is 71.8 Å². The normalized spacial score (nSPS) is 10.6. The summed E-state index contributed by atoms with van der Waals surface area (Å²) in [5.41, 5.74) is 6.04. The van der Waals surface area contributed by atoms with Crippen molar-refractivity contribution in [2.24, 2.45) is 5.10 Å². The van der Waals surface area contributed by atoms with Crippen molar-refractivity contribution < 1.29 is 23.9 Å². The molecule has 3 aromatic rings. The lowest BCUT2D eigenvalue weighted by Gasteiger charge is -2.13. The Bertz CT molecular complexity index is 1290. The average Bonchev–Trinajstić information content (AvgIpc) is 2.88. The first-order valence-corrected chi connectivity index (χ1v) is 11.9. The van der Waals surface area contributed by atoms with Crippen molar-refractivity contribution in [3.8, 4) is 11.5 Å². The van der Waals surface area contributed by atoms with Gasteiger partial charge in [-0.05, 0) is 73.4 Å². The molecular formula is C28H30N4O5. The number of hydrogen-bond acceptors (Lipinski definition) is 6. The molecular weight excluding hydrogens is 472 g/mol. The van der Waals surface area contributed by atoms with Gasteiger partial charge < -0.3 is 20.1 Å². The smallest absolute Gasteiger partial charge is 0.329 e. The van der Waals surface area contributed by atoms with Crippen LogP contribution >= 0.6 is 0 Å². The number of carbonyl (C=O) groups is 3. The van der Waals surface area contributed by atoms with E-state index < -0.39 is 11.8 Å². The molecule has 3 aromatic carbocycles. The number of aryl methyl sites for hydroxylation is 2. The third-order valence-electron chi connectivity index (χ3n) is 5.16. The first kappa shape index (κ1) is 26.9. The molecule has 0 saturated carbocycles. The van der Waals surface area contributed by atoms with E-state index in [1.807, 2.05) is 51.1 Å².